The lowest BCUT2D eigenvalue weighted by Crippen LogP contribution is -2.68. The average Bonchev–Trinajstić information content (AvgIpc) is 3.82. The van der Waals surface area contributed by atoms with Gasteiger partial charge in [-0.15, -0.1) is 0 Å². The van der Waals surface area contributed by atoms with Gasteiger partial charge in [0.2, 0.25) is 11.9 Å². The first-order valence-corrected chi connectivity index (χ1v) is 22.0. The summed E-state index contributed by atoms with van der Waals surface area (Å²) < 4.78 is 4.39. The lowest BCUT2D eigenvalue weighted by Gasteiger charge is -2.34. The Morgan fingerprint density at radius 1 is 0.345 bits per heavy atom. The summed E-state index contributed by atoms with van der Waals surface area (Å²) >= 11 is 0. The van der Waals surface area contributed by atoms with Crippen LogP contribution in [0, 0.1) is 0 Å². The molecule has 8 aromatic carbocycles. The number of benzene rings is 8. The van der Waals surface area contributed by atoms with Crippen LogP contribution in [0.4, 0.5) is 0 Å². The van der Waals surface area contributed by atoms with E-state index in [0.29, 0.717) is 17.7 Å². The number of rotatable bonds is 8. The van der Waals surface area contributed by atoms with Crippen LogP contribution in [0.5, 0.6) is 0 Å². The summed E-state index contributed by atoms with van der Waals surface area (Å²) in [4.78, 5) is 16.2. The molecule has 3 aromatic heterocycles. The minimum absolute atomic E-state index is 0.573. The van der Waals surface area contributed by atoms with Gasteiger partial charge in [0.25, 0.3) is 0 Å². The third-order valence-electron chi connectivity index (χ3n) is 11.6. The number of aromatic nitrogens is 5. The summed E-state index contributed by atoms with van der Waals surface area (Å²) in [7, 11) is -2.69. The summed E-state index contributed by atoms with van der Waals surface area (Å²) in [6.07, 6.45) is 0. The second-order valence-corrected chi connectivity index (χ2v) is 18.8. The van der Waals surface area contributed by atoms with Crippen LogP contribution in [0.1, 0.15) is 5.56 Å². The van der Waals surface area contributed by atoms with Gasteiger partial charge in [0.05, 0.1) is 22.1 Å². The van der Waals surface area contributed by atoms with Gasteiger partial charge in [-0.2, -0.15) is 15.0 Å². The van der Waals surface area contributed by atoms with E-state index >= 15 is 0 Å². The SMILES string of the molecule is c1ccc(C[Si](c2ccccc2)(c2ccccc2)c2cccc(-c3nc(-n4c5ccccc5c5ccccc54)nc(-n4c5ccccc5c5ccccc54)n3)c2)cc1. The molecule has 0 unspecified atom stereocenters. The Balaban J connectivity index is 1.20. The van der Waals surface area contributed by atoms with Gasteiger partial charge in [-0.1, -0.05) is 188 Å². The molecule has 0 spiro atoms. The predicted octanol–water partition coefficient (Wildman–Crippen LogP) is 9.98. The number of para-hydroxylation sites is 4. The molecule has 0 radical (unpaired) electrons. The van der Waals surface area contributed by atoms with Crippen molar-refractivity contribution in [3.05, 3.63) is 218 Å². The van der Waals surface area contributed by atoms with Gasteiger partial charge in [0, 0.05) is 27.1 Å². The molecular weight excluding hydrogens is 723 g/mol. The predicted molar refractivity (Wildman–Crippen MR) is 242 cm³/mol. The molecule has 0 saturated heterocycles. The molecular formula is C52H37N5Si. The van der Waals surface area contributed by atoms with Crippen molar-refractivity contribution in [1.29, 1.82) is 0 Å². The van der Waals surface area contributed by atoms with Crippen LogP contribution in [0.25, 0.3) is 66.9 Å². The zero-order chi connectivity index (χ0) is 38.5. The molecule has 0 atom stereocenters. The van der Waals surface area contributed by atoms with E-state index in [-0.39, 0.29) is 0 Å². The van der Waals surface area contributed by atoms with Gasteiger partial charge in [0.1, 0.15) is 0 Å². The third-order valence-corrected chi connectivity index (χ3v) is 16.5. The average molecular weight is 760 g/mol. The Morgan fingerprint density at radius 2 is 0.724 bits per heavy atom. The molecule has 0 N–H and O–H groups in total. The first kappa shape index (κ1) is 33.9. The Kier molecular flexibility index (Phi) is 8.15. The fourth-order valence-electron chi connectivity index (χ4n) is 9.04. The largest absolute Gasteiger partial charge is 0.278 e. The van der Waals surface area contributed by atoms with E-state index in [2.05, 4.69) is 221 Å². The second kappa shape index (κ2) is 14.0. The van der Waals surface area contributed by atoms with Gasteiger partial charge in [-0.3, -0.25) is 9.13 Å². The molecule has 5 nitrogen and oxygen atoms in total. The first-order chi connectivity index (χ1) is 28.8. The molecule has 11 aromatic rings. The fraction of sp³-hybridized carbons (Fsp3) is 0.0192. The van der Waals surface area contributed by atoms with E-state index in [1.807, 2.05) is 0 Å². The molecule has 0 aliphatic carbocycles. The quantitative estimate of drug-likeness (QED) is 0.115. The van der Waals surface area contributed by atoms with Crippen LogP contribution in [0.2, 0.25) is 0 Å². The summed E-state index contributed by atoms with van der Waals surface area (Å²) in [5.41, 5.74) is 6.45. The molecule has 274 valence electrons. The molecule has 0 aliphatic heterocycles. The molecule has 11 rings (SSSR count). The van der Waals surface area contributed by atoms with Gasteiger partial charge in [-0.25, -0.2) is 0 Å². The van der Waals surface area contributed by atoms with Crippen LogP contribution in [-0.4, -0.2) is 32.2 Å². The van der Waals surface area contributed by atoms with Crippen molar-refractivity contribution >= 4 is 67.2 Å². The molecule has 58 heavy (non-hydrogen) atoms. The maximum atomic E-state index is 5.41. The summed E-state index contributed by atoms with van der Waals surface area (Å²) in [6, 6.07) is 77.1. The Hall–Kier alpha value is -7.41. The van der Waals surface area contributed by atoms with Crippen LogP contribution < -0.4 is 15.6 Å². The highest BCUT2D eigenvalue weighted by Gasteiger charge is 2.39. The zero-order valence-corrected chi connectivity index (χ0v) is 32.7. The molecule has 0 bridgehead atoms. The number of nitrogens with zero attached hydrogens (tertiary/aromatic N) is 5. The van der Waals surface area contributed by atoms with E-state index in [0.717, 1.165) is 55.2 Å². The van der Waals surface area contributed by atoms with E-state index in [9.17, 15) is 0 Å². The van der Waals surface area contributed by atoms with E-state index in [1.165, 1.54) is 21.1 Å². The van der Waals surface area contributed by atoms with Crippen molar-refractivity contribution in [2.24, 2.45) is 0 Å². The van der Waals surface area contributed by atoms with Gasteiger partial charge < -0.3 is 0 Å². The minimum Gasteiger partial charge on any atom is -0.278 e. The Labute approximate surface area is 337 Å². The molecule has 0 aliphatic rings. The molecule has 0 saturated carbocycles. The van der Waals surface area contributed by atoms with Crippen LogP contribution in [-0.2, 0) is 6.04 Å². The van der Waals surface area contributed by atoms with Crippen molar-refractivity contribution in [1.82, 2.24) is 24.1 Å². The van der Waals surface area contributed by atoms with E-state index in [4.69, 9.17) is 15.0 Å². The molecule has 6 heteroatoms. The highest BCUT2D eigenvalue weighted by Crippen LogP contribution is 2.34. The number of hydrogen-bond donors (Lipinski definition) is 0. The maximum Gasteiger partial charge on any atom is 0.240 e. The van der Waals surface area contributed by atoms with E-state index < -0.39 is 8.07 Å². The van der Waals surface area contributed by atoms with Crippen LogP contribution in [0.3, 0.4) is 0 Å². The van der Waals surface area contributed by atoms with Crippen molar-refractivity contribution in [2.75, 3.05) is 0 Å². The Bertz CT molecular complexity index is 2990. The monoisotopic (exact) mass is 759 g/mol. The van der Waals surface area contributed by atoms with Crippen LogP contribution in [0.15, 0.2) is 212 Å². The van der Waals surface area contributed by atoms with Gasteiger partial charge >= 0.3 is 0 Å². The standard InChI is InChI=1S/C52H37N5Si/c1-4-19-37(20-5-1)36-58(39-22-6-2-7-23-39,40-24-8-3-9-25-40)41-26-18-21-38(35-41)50-53-51(56-46-31-14-10-27-42(46)43-28-11-15-32-47(43)56)55-52(54-50)57-48-33-16-12-29-44(48)45-30-13-17-34-49(45)57/h1-35H,36H2. The zero-order valence-electron chi connectivity index (χ0n) is 31.7. The van der Waals surface area contributed by atoms with Crippen molar-refractivity contribution in [2.45, 2.75) is 6.04 Å². The summed E-state index contributed by atoms with van der Waals surface area (Å²) in [5, 5.41) is 8.63. The highest BCUT2D eigenvalue weighted by molar-refractivity contribution is 7.11. The lowest BCUT2D eigenvalue weighted by atomic mass is 10.2. The Morgan fingerprint density at radius 3 is 1.17 bits per heavy atom. The van der Waals surface area contributed by atoms with Crippen LogP contribution >= 0.6 is 0 Å². The highest BCUT2D eigenvalue weighted by atomic mass is 28.3. The number of fused-ring (bicyclic) bond motifs is 6. The van der Waals surface area contributed by atoms with Gasteiger partial charge in [-0.05, 0) is 51.4 Å². The normalized spacial score (nSPS) is 11.9. The van der Waals surface area contributed by atoms with Crippen molar-refractivity contribution in [3.8, 4) is 23.3 Å². The lowest BCUT2D eigenvalue weighted by molar-refractivity contribution is 0.893. The first-order valence-electron chi connectivity index (χ1n) is 19.8. The second-order valence-electron chi connectivity index (χ2n) is 14.9. The third kappa shape index (κ3) is 5.49. The fourth-order valence-corrected chi connectivity index (χ4v) is 13.8. The smallest absolute Gasteiger partial charge is 0.240 e. The number of hydrogen-bond acceptors (Lipinski definition) is 3. The van der Waals surface area contributed by atoms with Crippen molar-refractivity contribution < 1.29 is 0 Å². The van der Waals surface area contributed by atoms with E-state index in [1.54, 1.807) is 0 Å². The minimum atomic E-state index is -2.69. The summed E-state index contributed by atoms with van der Waals surface area (Å²) in [6.45, 7) is 0. The maximum absolute atomic E-state index is 5.41. The molecule has 3 heterocycles. The summed E-state index contributed by atoms with van der Waals surface area (Å²) in [5.74, 6) is 1.77. The topological polar surface area (TPSA) is 48.5 Å². The molecule has 0 amide bonds. The van der Waals surface area contributed by atoms with Crippen molar-refractivity contribution in [3.63, 3.8) is 0 Å². The molecule has 0 fully saturated rings. The van der Waals surface area contributed by atoms with Gasteiger partial charge in [0.15, 0.2) is 13.9 Å².